The molecule has 0 aliphatic carbocycles. The molecule has 1 fully saturated rings. The Kier molecular flexibility index (Phi) is 4.42. The topological polar surface area (TPSA) is 26.7 Å². The molecule has 1 aromatic carbocycles. The lowest BCUT2D eigenvalue weighted by molar-refractivity contribution is 0.171. The van der Waals surface area contributed by atoms with Gasteiger partial charge in [-0.2, -0.15) is 0 Å². The minimum atomic E-state index is 0.267. The molecule has 0 spiro atoms. The van der Waals surface area contributed by atoms with E-state index in [2.05, 4.69) is 57.0 Å². The van der Waals surface area contributed by atoms with E-state index in [0.29, 0.717) is 6.04 Å². The molecule has 3 nitrogen and oxygen atoms in total. The van der Waals surface area contributed by atoms with E-state index in [4.69, 9.17) is 5.11 Å². The predicted octanol–water partition coefficient (Wildman–Crippen LogP) is 1.95. The minimum absolute atomic E-state index is 0.267. The number of rotatable bonds is 3. The van der Waals surface area contributed by atoms with Crippen LogP contribution in [-0.4, -0.2) is 49.3 Å². The number of aliphatic hydroxyl groups excluding tert-OH is 1. The quantitative estimate of drug-likeness (QED) is 0.924. The summed E-state index contributed by atoms with van der Waals surface area (Å²) in [7, 11) is 2.14. The molecule has 1 unspecified atom stereocenters. The summed E-state index contributed by atoms with van der Waals surface area (Å²) >= 11 is 3.46. The first-order chi connectivity index (χ1) is 8.20. The van der Waals surface area contributed by atoms with E-state index in [1.807, 2.05) is 0 Å². The van der Waals surface area contributed by atoms with Crippen molar-refractivity contribution in [3.05, 3.63) is 28.7 Å². The number of piperazine rings is 1. The highest BCUT2D eigenvalue weighted by Crippen LogP contribution is 2.21. The van der Waals surface area contributed by atoms with Crippen molar-refractivity contribution in [2.24, 2.45) is 0 Å². The number of hydrogen-bond donors (Lipinski definition) is 1. The molecule has 94 valence electrons. The third-order valence-corrected chi connectivity index (χ3v) is 3.96. The van der Waals surface area contributed by atoms with Gasteiger partial charge >= 0.3 is 0 Å². The highest BCUT2D eigenvalue weighted by Gasteiger charge is 2.23. The normalized spacial score (nSPS) is 21.8. The molecule has 1 N–H and O–H groups in total. The van der Waals surface area contributed by atoms with Crippen LogP contribution < -0.4 is 4.90 Å². The van der Waals surface area contributed by atoms with Gasteiger partial charge in [-0.05, 0) is 37.7 Å². The van der Waals surface area contributed by atoms with E-state index in [1.165, 1.54) is 5.69 Å². The predicted molar refractivity (Wildman–Crippen MR) is 74.5 cm³/mol. The molecule has 0 bridgehead atoms. The highest BCUT2D eigenvalue weighted by atomic mass is 79.9. The van der Waals surface area contributed by atoms with Gasteiger partial charge in [-0.25, -0.2) is 0 Å². The summed E-state index contributed by atoms with van der Waals surface area (Å²) in [5, 5.41) is 9.08. The molecule has 1 atom stereocenters. The van der Waals surface area contributed by atoms with Crippen LogP contribution >= 0.6 is 15.9 Å². The lowest BCUT2D eigenvalue weighted by Crippen LogP contribution is -2.51. The largest absolute Gasteiger partial charge is 0.396 e. The van der Waals surface area contributed by atoms with E-state index < -0.39 is 0 Å². The summed E-state index contributed by atoms with van der Waals surface area (Å²) < 4.78 is 1.11. The Morgan fingerprint density at radius 1 is 1.29 bits per heavy atom. The lowest BCUT2D eigenvalue weighted by atomic mass is 10.1. The van der Waals surface area contributed by atoms with Gasteiger partial charge in [0.05, 0.1) is 0 Å². The Balaban J connectivity index is 2.04. The maximum atomic E-state index is 9.08. The molecule has 0 amide bonds. The molecule has 1 aliphatic heterocycles. The number of likely N-dealkylation sites (N-methyl/N-ethyl adjacent to an activating group) is 1. The highest BCUT2D eigenvalue weighted by molar-refractivity contribution is 9.10. The van der Waals surface area contributed by atoms with Crippen LogP contribution in [0.3, 0.4) is 0 Å². The van der Waals surface area contributed by atoms with E-state index in [0.717, 1.165) is 30.5 Å². The zero-order valence-corrected chi connectivity index (χ0v) is 11.7. The molecule has 1 aromatic rings. The van der Waals surface area contributed by atoms with Gasteiger partial charge in [0.2, 0.25) is 0 Å². The summed E-state index contributed by atoms with van der Waals surface area (Å²) in [5.74, 6) is 0. The molecule has 2 rings (SSSR count). The van der Waals surface area contributed by atoms with Crippen molar-refractivity contribution in [2.75, 3.05) is 38.2 Å². The van der Waals surface area contributed by atoms with Crippen LogP contribution in [0.2, 0.25) is 0 Å². The van der Waals surface area contributed by atoms with Gasteiger partial charge in [-0.15, -0.1) is 0 Å². The van der Waals surface area contributed by atoms with Gasteiger partial charge in [-0.3, -0.25) is 4.90 Å². The van der Waals surface area contributed by atoms with Gasteiger partial charge < -0.3 is 10.0 Å². The summed E-state index contributed by atoms with van der Waals surface area (Å²) in [6, 6.07) is 8.90. The van der Waals surface area contributed by atoms with Gasteiger partial charge in [0.1, 0.15) is 0 Å². The maximum Gasteiger partial charge on any atom is 0.0446 e. The third-order valence-electron chi connectivity index (χ3n) is 3.43. The Hall–Kier alpha value is -0.580. The first-order valence-corrected chi connectivity index (χ1v) is 6.81. The maximum absolute atomic E-state index is 9.08. The number of benzene rings is 1. The van der Waals surface area contributed by atoms with Crippen LogP contribution in [0, 0.1) is 0 Å². The summed E-state index contributed by atoms with van der Waals surface area (Å²) in [4.78, 5) is 4.73. The Bertz CT molecular complexity index is 355. The van der Waals surface area contributed by atoms with Gasteiger partial charge in [0.15, 0.2) is 0 Å². The number of anilines is 1. The summed E-state index contributed by atoms with van der Waals surface area (Å²) in [6.07, 6.45) is 0.851. The molecule has 1 heterocycles. The molecule has 0 aromatic heterocycles. The van der Waals surface area contributed by atoms with Crippen LogP contribution in [0.4, 0.5) is 5.69 Å². The van der Waals surface area contributed by atoms with Crippen LogP contribution in [0.1, 0.15) is 6.42 Å². The minimum Gasteiger partial charge on any atom is -0.396 e. The van der Waals surface area contributed by atoms with Crippen LogP contribution in [-0.2, 0) is 0 Å². The van der Waals surface area contributed by atoms with Crippen molar-refractivity contribution >= 4 is 21.6 Å². The zero-order valence-electron chi connectivity index (χ0n) is 10.1. The SMILES string of the molecule is CN1CCN(c2ccc(Br)cc2)CC1CCO. The molecule has 1 aliphatic rings. The summed E-state index contributed by atoms with van der Waals surface area (Å²) in [5.41, 5.74) is 1.27. The van der Waals surface area contributed by atoms with Crippen molar-refractivity contribution in [1.82, 2.24) is 4.90 Å². The smallest absolute Gasteiger partial charge is 0.0446 e. The fraction of sp³-hybridized carbons (Fsp3) is 0.538. The van der Waals surface area contributed by atoms with Crippen molar-refractivity contribution in [2.45, 2.75) is 12.5 Å². The monoisotopic (exact) mass is 298 g/mol. The molecule has 4 heteroatoms. The van der Waals surface area contributed by atoms with E-state index in [9.17, 15) is 0 Å². The van der Waals surface area contributed by atoms with E-state index in [1.54, 1.807) is 0 Å². The molecule has 1 saturated heterocycles. The van der Waals surface area contributed by atoms with Crippen molar-refractivity contribution in [3.63, 3.8) is 0 Å². The van der Waals surface area contributed by atoms with Gasteiger partial charge in [0, 0.05) is 42.4 Å². The molecule has 17 heavy (non-hydrogen) atoms. The van der Waals surface area contributed by atoms with Crippen LogP contribution in [0.25, 0.3) is 0 Å². The second kappa shape index (κ2) is 5.85. The van der Waals surface area contributed by atoms with Crippen molar-refractivity contribution < 1.29 is 5.11 Å². The first-order valence-electron chi connectivity index (χ1n) is 6.02. The second-order valence-corrected chi connectivity index (χ2v) is 5.48. The molecular formula is C13H19BrN2O. The molecule has 0 saturated carbocycles. The van der Waals surface area contributed by atoms with E-state index in [-0.39, 0.29) is 6.61 Å². The standard InChI is InChI=1S/C13H19BrN2O/c1-15-7-8-16(10-13(15)6-9-17)12-4-2-11(14)3-5-12/h2-5,13,17H,6-10H2,1H3. The van der Waals surface area contributed by atoms with E-state index >= 15 is 0 Å². The lowest BCUT2D eigenvalue weighted by Gasteiger charge is -2.40. The Labute approximate surface area is 111 Å². The third kappa shape index (κ3) is 3.21. The van der Waals surface area contributed by atoms with Gasteiger partial charge in [-0.1, -0.05) is 15.9 Å². The number of aliphatic hydroxyl groups is 1. The molecule has 0 radical (unpaired) electrons. The van der Waals surface area contributed by atoms with Gasteiger partial charge in [0.25, 0.3) is 0 Å². The second-order valence-electron chi connectivity index (χ2n) is 4.57. The molecular weight excluding hydrogens is 280 g/mol. The zero-order chi connectivity index (χ0) is 12.3. The number of nitrogens with zero attached hydrogens (tertiary/aromatic N) is 2. The Morgan fingerprint density at radius 3 is 2.65 bits per heavy atom. The van der Waals surface area contributed by atoms with Crippen molar-refractivity contribution in [1.29, 1.82) is 0 Å². The average molecular weight is 299 g/mol. The van der Waals surface area contributed by atoms with Crippen LogP contribution in [0.15, 0.2) is 28.7 Å². The van der Waals surface area contributed by atoms with Crippen LogP contribution in [0.5, 0.6) is 0 Å². The fourth-order valence-corrected chi connectivity index (χ4v) is 2.56. The first kappa shape index (κ1) is 12.9. The number of halogens is 1. The van der Waals surface area contributed by atoms with Crippen molar-refractivity contribution in [3.8, 4) is 0 Å². The number of hydrogen-bond acceptors (Lipinski definition) is 3. The average Bonchev–Trinajstić information content (AvgIpc) is 2.33. The summed E-state index contributed by atoms with van der Waals surface area (Å²) in [6.45, 7) is 3.38. The fourth-order valence-electron chi connectivity index (χ4n) is 2.29. The Morgan fingerprint density at radius 2 is 2.00 bits per heavy atom.